The third kappa shape index (κ3) is 9.59. The van der Waals surface area contributed by atoms with E-state index in [1.165, 1.54) is 14.2 Å². The zero-order chi connectivity index (χ0) is 21.2. The van der Waals surface area contributed by atoms with Gasteiger partial charge in [-0.2, -0.15) is 0 Å². The summed E-state index contributed by atoms with van der Waals surface area (Å²) in [6, 6.07) is 9.91. The third-order valence-corrected chi connectivity index (χ3v) is 7.47. The first-order chi connectivity index (χ1) is 13.1. The van der Waals surface area contributed by atoms with Crippen LogP contribution in [0.4, 0.5) is 0 Å². The molecule has 0 saturated heterocycles. The van der Waals surface area contributed by atoms with Gasteiger partial charge in [0.2, 0.25) is 0 Å². The molecular weight excluding hydrogens is 395 g/mol. The summed E-state index contributed by atoms with van der Waals surface area (Å²) in [6.07, 6.45) is 0.474. The molecule has 1 rings (SSSR count). The van der Waals surface area contributed by atoms with Crippen LogP contribution in [0.5, 0.6) is 0 Å². The Morgan fingerprint density at radius 2 is 1.71 bits per heavy atom. The molecule has 0 aromatic heterocycles. The summed E-state index contributed by atoms with van der Waals surface area (Å²) in [6.45, 7) is 9.76. The molecule has 0 saturated carbocycles. The smallest absolute Gasteiger partial charge is 0.337 e. The van der Waals surface area contributed by atoms with E-state index in [-0.39, 0.29) is 23.8 Å². The Balaban J connectivity index is 2.71. The molecule has 0 amide bonds. The summed E-state index contributed by atoms with van der Waals surface area (Å²) in [7, 11) is -2.41. The zero-order valence-electron chi connectivity index (χ0n) is 18.0. The lowest BCUT2D eigenvalue weighted by Crippen LogP contribution is -2.31. The van der Waals surface area contributed by atoms with Crippen LogP contribution in [-0.2, 0) is 34.2 Å². The zero-order valence-corrected chi connectivity index (χ0v) is 19.9. The lowest BCUT2D eigenvalue weighted by Gasteiger charge is -2.26. The number of hydrogen-bond donors (Lipinski definition) is 0. The van der Waals surface area contributed by atoms with E-state index >= 15 is 0 Å². The molecule has 0 aliphatic heterocycles. The Hall–Kier alpha value is -0.823. The lowest BCUT2D eigenvalue weighted by molar-refractivity contribution is -0.122. The van der Waals surface area contributed by atoms with Crippen molar-refractivity contribution in [2.24, 2.45) is 11.8 Å². The third-order valence-electron chi connectivity index (χ3n) is 4.59. The monoisotopic (exact) mass is 430 g/mol. The minimum atomic E-state index is -3.37. The second kappa shape index (κ2) is 12.0. The molecule has 0 bridgehead atoms. The number of carbonyl (C=O) groups excluding carboxylic acids is 1. The first-order valence-electron chi connectivity index (χ1n) is 9.59. The summed E-state index contributed by atoms with van der Waals surface area (Å²) in [5.74, 6) is -0.511. The van der Waals surface area contributed by atoms with Crippen molar-refractivity contribution in [3.63, 3.8) is 0 Å². The standard InChI is InChI=1S/C20H35O6PSi/c1-17(20(21)16-27(22,23-2)24-3)19(12-13-26-28(4,5)6)15-25-14-18-10-8-7-9-11-18/h7-11,17,19H,12-16H2,1-6H3/t17-,19+/m0/s1. The van der Waals surface area contributed by atoms with E-state index in [0.29, 0.717) is 26.2 Å². The Kier molecular flexibility index (Phi) is 10.8. The van der Waals surface area contributed by atoms with Crippen molar-refractivity contribution in [1.29, 1.82) is 0 Å². The molecule has 2 atom stereocenters. The topological polar surface area (TPSA) is 71.1 Å². The van der Waals surface area contributed by atoms with Crippen LogP contribution >= 0.6 is 7.60 Å². The predicted octanol–water partition coefficient (Wildman–Crippen LogP) is 4.75. The largest absolute Gasteiger partial charge is 0.418 e. The van der Waals surface area contributed by atoms with E-state index in [1.54, 1.807) is 0 Å². The molecular formula is C20H35O6PSi. The van der Waals surface area contributed by atoms with E-state index in [2.05, 4.69) is 19.6 Å². The van der Waals surface area contributed by atoms with Gasteiger partial charge in [0.25, 0.3) is 0 Å². The summed E-state index contributed by atoms with van der Waals surface area (Å²) in [5.41, 5.74) is 1.09. The number of benzene rings is 1. The minimum absolute atomic E-state index is 0.0327. The van der Waals surface area contributed by atoms with Crippen molar-refractivity contribution in [3.05, 3.63) is 35.9 Å². The quantitative estimate of drug-likeness (QED) is 0.313. The Bertz CT molecular complexity index is 623. The molecule has 160 valence electrons. The molecule has 6 nitrogen and oxygen atoms in total. The van der Waals surface area contributed by atoms with Gasteiger partial charge in [0, 0.05) is 26.7 Å². The van der Waals surface area contributed by atoms with E-state index in [9.17, 15) is 9.36 Å². The fraction of sp³-hybridized carbons (Fsp3) is 0.650. The van der Waals surface area contributed by atoms with Gasteiger partial charge in [-0.15, -0.1) is 0 Å². The Morgan fingerprint density at radius 3 is 2.25 bits per heavy atom. The number of hydrogen-bond acceptors (Lipinski definition) is 6. The molecule has 8 heteroatoms. The van der Waals surface area contributed by atoms with Gasteiger partial charge in [0.05, 0.1) is 13.2 Å². The van der Waals surface area contributed by atoms with Crippen LogP contribution < -0.4 is 0 Å². The number of Topliss-reactive ketones (excluding diaryl/α,β-unsaturated/α-hetero) is 1. The number of ketones is 1. The van der Waals surface area contributed by atoms with Gasteiger partial charge in [-0.05, 0) is 37.5 Å². The highest BCUT2D eigenvalue weighted by atomic mass is 31.2. The first-order valence-corrected chi connectivity index (χ1v) is 14.7. The number of rotatable bonds is 14. The highest BCUT2D eigenvalue weighted by Crippen LogP contribution is 2.46. The molecule has 28 heavy (non-hydrogen) atoms. The highest BCUT2D eigenvalue weighted by molar-refractivity contribution is 7.54. The fourth-order valence-corrected chi connectivity index (χ4v) is 4.51. The van der Waals surface area contributed by atoms with Crippen molar-refractivity contribution < 1.29 is 27.6 Å². The average molecular weight is 431 g/mol. The van der Waals surface area contributed by atoms with Crippen LogP contribution in [0.2, 0.25) is 19.6 Å². The predicted molar refractivity (Wildman–Crippen MR) is 114 cm³/mol. The molecule has 0 aliphatic carbocycles. The summed E-state index contributed by atoms with van der Waals surface area (Å²) < 4.78 is 34.0. The maximum Gasteiger partial charge on any atom is 0.337 e. The average Bonchev–Trinajstić information content (AvgIpc) is 2.66. The van der Waals surface area contributed by atoms with E-state index in [4.69, 9.17) is 18.2 Å². The maximum atomic E-state index is 12.7. The number of carbonyl (C=O) groups is 1. The van der Waals surface area contributed by atoms with Crippen LogP contribution in [-0.4, -0.2) is 47.7 Å². The molecule has 0 heterocycles. The summed E-state index contributed by atoms with van der Waals surface area (Å²) >= 11 is 0. The van der Waals surface area contributed by atoms with Gasteiger partial charge in [-0.25, -0.2) is 0 Å². The van der Waals surface area contributed by atoms with Gasteiger partial charge in [0.15, 0.2) is 8.32 Å². The van der Waals surface area contributed by atoms with E-state index in [0.717, 1.165) is 5.56 Å². The molecule has 0 unspecified atom stereocenters. The van der Waals surface area contributed by atoms with Gasteiger partial charge >= 0.3 is 7.60 Å². The molecule has 0 radical (unpaired) electrons. The fourth-order valence-electron chi connectivity index (χ4n) is 2.70. The molecule has 0 fully saturated rings. The van der Waals surface area contributed by atoms with Crippen molar-refractivity contribution in [2.75, 3.05) is 33.6 Å². The minimum Gasteiger partial charge on any atom is -0.418 e. The second-order valence-corrected chi connectivity index (χ2v) is 14.7. The Morgan fingerprint density at radius 1 is 1.11 bits per heavy atom. The van der Waals surface area contributed by atoms with Gasteiger partial charge in [-0.1, -0.05) is 37.3 Å². The van der Waals surface area contributed by atoms with Crippen LogP contribution in [0, 0.1) is 11.8 Å². The number of ether oxygens (including phenoxy) is 1. The second-order valence-electron chi connectivity index (χ2n) is 7.90. The summed E-state index contributed by atoms with van der Waals surface area (Å²) in [4.78, 5) is 12.7. The van der Waals surface area contributed by atoms with Crippen molar-refractivity contribution in [2.45, 2.75) is 39.6 Å². The van der Waals surface area contributed by atoms with Gasteiger partial charge in [0.1, 0.15) is 11.9 Å². The molecule has 1 aromatic rings. The molecule has 0 spiro atoms. The van der Waals surface area contributed by atoms with Gasteiger partial charge < -0.3 is 18.2 Å². The Labute approximate surface area is 170 Å². The molecule has 0 N–H and O–H groups in total. The van der Waals surface area contributed by atoms with Crippen LogP contribution in [0.15, 0.2) is 30.3 Å². The van der Waals surface area contributed by atoms with Crippen LogP contribution in [0.25, 0.3) is 0 Å². The normalized spacial score (nSPS) is 14.6. The lowest BCUT2D eigenvalue weighted by atomic mass is 9.89. The molecule has 0 aliphatic rings. The van der Waals surface area contributed by atoms with Crippen LogP contribution in [0.3, 0.4) is 0 Å². The summed E-state index contributed by atoms with van der Waals surface area (Å²) in [5, 5.41) is 0. The SMILES string of the molecule is COP(=O)(CC(=O)[C@@H](C)[C@H](CCO[Si](C)(C)C)COCc1ccccc1)OC. The first kappa shape index (κ1) is 25.2. The van der Waals surface area contributed by atoms with E-state index < -0.39 is 15.9 Å². The van der Waals surface area contributed by atoms with Crippen LogP contribution in [0.1, 0.15) is 18.9 Å². The highest BCUT2D eigenvalue weighted by Gasteiger charge is 2.32. The van der Waals surface area contributed by atoms with E-state index in [1.807, 2.05) is 37.3 Å². The van der Waals surface area contributed by atoms with Crippen molar-refractivity contribution in [1.82, 2.24) is 0 Å². The van der Waals surface area contributed by atoms with Gasteiger partial charge in [-0.3, -0.25) is 9.36 Å². The van der Waals surface area contributed by atoms with Crippen molar-refractivity contribution in [3.8, 4) is 0 Å². The van der Waals surface area contributed by atoms with Crippen molar-refractivity contribution >= 4 is 21.7 Å². The maximum absolute atomic E-state index is 12.7. The molecule has 1 aromatic carbocycles.